The molecule has 0 fully saturated rings. The number of non-ortho nitro benzene ring substituents is 1. The highest BCUT2D eigenvalue weighted by molar-refractivity contribution is 5.50. The molecule has 1 atom stereocenters. The molecule has 0 heterocycles. The van der Waals surface area contributed by atoms with Crippen molar-refractivity contribution in [3.63, 3.8) is 0 Å². The SMILES string of the molecule is COCC(C)CNc1ccc([N+](=O)[O-])cc1F. The zero-order valence-electron chi connectivity index (χ0n) is 9.77. The van der Waals surface area contributed by atoms with Crippen LogP contribution in [-0.4, -0.2) is 25.2 Å². The minimum absolute atomic E-state index is 0.231. The first-order valence-corrected chi connectivity index (χ1v) is 5.21. The minimum atomic E-state index is -0.625. The van der Waals surface area contributed by atoms with Gasteiger partial charge in [0.05, 0.1) is 23.3 Å². The van der Waals surface area contributed by atoms with E-state index in [4.69, 9.17) is 4.74 Å². The number of methoxy groups -OCH3 is 1. The van der Waals surface area contributed by atoms with E-state index in [-0.39, 0.29) is 17.3 Å². The molecule has 0 aliphatic carbocycles. The second-order valence-electron chi connectivity index (χ2n) is 3.86. The Morgan fingerprint density at radius 3 is 2.82 bits per heavy atom. The zero-order valence-corrected chi connectivity index (χ0v) is 9.77. The summed E-state index contributed by atoms with van der Waals surface area (Å²) in [5.74, 6) is -0.390. The second kappa shape index (κ2) is 6.15. The molecular weight excluding hydrogens is 227 g/mol. The van der Waals surface area contributed by atoms with Gasteiger partial charge in [-0.05, 0) is 12.0 Å². The second-order valence-corrected chi connectivity index (χ2v) is 3.86. The van der Waals surface area contributed by atoms with Crippen molar-refractivity contribution in [3.05, 3.63) is 34.1 Å². The molecule has 1 aromatic rings. The maximum Gasteiger partial charge on any atom is 0.272 e. The van der Waals surface area contributed by atoms with Crippen molar-refractivity contribution in [3.8, 4) is 0 Å². The maximum absolute atomic E-state index is 13.4. The Morgan fingerprint density at radius 1 is 1.59 bits per heavy atom. The lowest BCUT2D eigenvalue weighted by Gasteiger charge is -2.12. The molecule has 0 amide bonds. The van der Waals surface area contributed by atoms with E-state index in [2.05, 4.69) is 5.32 Å². The number of ether oxygens (including phenoxy) is 1. The van der Waals surface area contributed by atoms with Crippen LogP contribution in [0.1, 0.15) is 6.92 Å². The summed E-state index contributed by atoms with van der Waals surface area (Å²) in [5.41, 5.74) is 0.0107. The Hall–Kier alpha value is -1.69. The van der Waals surface area contributed by atoms with Crippen LogP contribution in [0.2, 0.25) is 0 Å². The van der Waals surface area contributed by atoms with Gasteiger partial charge in [-0.25, -0.2) is 4.39 Å². The molecule has 0 saturated heterocycles. The summed E-state index contributed by atoms with van der Waals surface area (Å²) in [5, 5.41) is 13.3. The highest BCUT2D eigenvalue weighted by Crippen LogP contribution is 2.20. The summed E-state index contributed by atoms with van der Waals surface area (Å²) in [6.45, 7) is 3.07. The predicted molar refractivity (Wildman–Crippen MR) is 62.6 cm³/mol. The number of benzene rings is 1. The van der Waals surface area contributed by atoms with Crippen molar-refractivity contribution in [1.82, 2.24) is 0 Å². The topological polar surface area (TPSA) is 64.4 Å². The van der Waals surface area contributed by atoms with E-state index in [0.29, 0.717) is 13.2 Å². The van der Waals surface area contributed by atoms with Gasteiger partial charge in [-0.15, -0.1) is 0 Å². The Bertz CT molecular complexity index is 398. The normalized spacial score (nSPS) is 12.2. The number of hydrogen-bond acceptors (Lipinski definition) is 4. The van der Waals surface area contributed by atoms with Crippen molar-refractivity contribution < 1.29 is 14.1 Å². The number of nitrogens with one attached hydrogen (secondary N) is 1. The Morgan fingerprint density at radius 2 is 2.29 bits per heavy atom. The molecule has 1 unspecified atom stereocenters. The van der Waals surface area contributed by atoms with E-state index >= 15 is 0 Å². The molecule has 1 N–H and O–H groups in total. The van der Waals surface area contributed by atoms with Crippen LogP contribution in [-0.2, 0) is 4.74 Å². The van der Waals surface area contributed by atoms with E-state index in [1.807, 2.05) is 6.92 Å². The number of hydrogen-bond donors (Lipinski definition) is 1. The average Bonchev–Trinajstić information content (AvgIpc) is 2.27. The highest BCUT2D eigenvalue weighted by Gasteiger charge is 2.11. The third-order valence-electron chi connectivity index (χ3n) is 2.26. The van der Waals surface area contributed by atoms with Crippen molar-refractivity contribution in [2.45, 2.75) is 6.92 Å². The zero-order chi connectivity index (χ0) is 12.8. The number of nitro groups is 1. The van der Waals surface area contributed by atoms with E-state index in [0.717, 1.165) is 6.07 Å². The van der Waals surface area contributed by atoms with Crippen LogP contribution in [0.5, 0.6) is 0 Å². The molecule has 1 rings (SSSR count). The third-order valence-corrected chi connectivity index (χ3v) is 2.26. The van der Waals surface area contributed by atoms with Crippen LogP contribution < -0.4 is 5.32 Å². The van der Waals surface area contributed by atoms with Gasteiger partial charge in [-0.2, -0.15) is 0 Å². The number of anilines is 1. The van der Waals surface area contributed by atoms with Crippen LogP contribution in [0.4, 0.5) is 15.8 Å². The monoisotopic (exact) mass is 242 g/mol. The number of nitro benzene ring substituents is 1. The Labute approximate surface area is 98.7 Å². The van der Waals surface area contributed by atoms with Gasteiger partial charge in [-0.3, -0.25) is 10.1 Å². The summed E-state index contributed by atoms with van der Waals surface area (Å²) < 4.78 is 18.4. The molecule has 0 bridgehead atoms. The van der Waals surface area contributed by atoms with Gasteiger partial charge in [0.1, 0.15) is 0 Å². The largest absolute Gasteiger partial charge is 0.384 e. The third kappa shape index (κ3) is 3.99. The van der Waals surface area contributed by atoms with Crippen LogP contribution in [0.25, 0.3) is 0 Å². The molecule has 5 nitrogen and oxygen atoms in total. The number of rotatable bonds is 6. The smallest absolute Gasteiger partial charge is 0.272 e. The number of halogens is 1. The van der Waals surface area contributed by atoms with Crippen molar-refractivity contribution >= 4 is 11.4 Å². The lowest BCUT2D eigenvalue weighted by Crippen LogP contribution is -2.16. The summed E-state index contributed by atoms with van der Waals surface area (Å²) >= 11 is 0. The van der Waals surface area contributed by atoms with Gasteiger partial charge in [0.2, 0.25) is 0 Å². The first-order valence-electron chi connectivity index (χ1n) is 5.21. The van der Waals surface area contributed by atoms with Gasteiger partial charge < -0.3 is 10.1 Å². The van der Waals surface area contributed by atoms with Gasteiger partial charge in [0, 0.05) is 19.7 Å². The lowest BCUT2D eigenvalue weighted by atomic mass is 10.2. The summed E-state index contributed by atoms with van der Waals surface area (Å²) in [4.78, 5) is 9.79. The summed E-state index contributed by atoms with van der Waals surface area (Å²) in [6.07, 6.45) is 0. The molecule has 0 saturated carbocycles. The molecule has 6 heteroatoms. The molecule has 0 spiro atoms. The first-order chi connectivity index (χ1) is 8.04. The van der Waals surface area contributed by atoms with Crippen LogP contribution in [0.15, 0.2) is 18.2 Å². The first kappa shape index (κ1) is 13.4. The van der Waals surface area contributed by atoms with Gasteiger partial charge in [0.15, 0.2) is 5.82 Å². The number of nitrogens with zero attached hydrogens (tertiary/aromatic N) is 1. The van der Waals surface area contributed by atoms with E-state index in [1.165, 1.54) is 12.1 Å². The Kier molecular flexibility index (Phi) is 4.84. The molecule has 17 heavy (non-hydrogen) atoms. The molecular formula is C11H15FN2O3. The summed E-state index contributed by atoms with van der Waals surface area (Å²) in [6, 6.07) is 3.54. The van der Waals surface area contributed by atoms with E-state index in [1.54, 1.807) is 7.11 Å². The molecule has 94 valence electrons. The minimum Gasteiger partial charge on any atom is -0.384 e. The fraction of sp³-hybridized carbons (Fsp3) is 0.455. The highest BCUT2D eigenvalue weighted by atomic mass is 19.1. The fourth-order valence-electron chi connectivity index (χ4n) is 1.39. The van der Waals surface area contributed by atoms with Crippen LogP contribution in [0, 0.1) is 21.8 Å². The molecule has 1 aromatic carbocycles. The molecule has 0 aliphatic rings. The maximum atomic E-state index is 13.4. The van der Waals surface area contributed by atoms with Crippen LogP contribution >= 0.6 is 0 Å². The molecule has 0 aromatic heterocycles. The molecule has 0 aliphatic heterocycles. The average molecular weight is 242 g/mol. The van der Waals surface area contributed by atoms with E-state index < -0.39 is 10.7 Å². The quantitative estimate of drug-likeness (QED) is 0.614. The van der Waals surface area contributed by atoms with Crippen molar-refractivity contribution in [2.75, 3.05) is 25.6 Å². The van der Waals surface area contributed by atoms with Gasteiger partial charge in [0.25, 0.3) is 5.69 Å². The summed E-state index contributed by atoms with van der Waals surface area (Å²) in [7, 11) is 1.60. The standard InChI is InChI=1S/C11H15FN2O3/c1-8(7-17-2)6-13-11-4-3-9(14(15)16)5-10(11)12/h3-5,8,13H,6-7H2,1-2H3. The van der Waals surface area contributed by atoms with Gasteiger partial charge >= 0.3 is 0 Å². The molecule has 0 radical (unpaired) electrons. The predicted octanol–water partition coefficient (Wildman–Crippen LogP) is 2.43. The fourth-order valence-corrected chi connectivity index (χ4v) is 1.39. The van der Waals surface area contributed by atoms with Crippen molar-refractivity contribution in [2.24, 2.45) is 5.92 Å². The van der Waals surface area contributed by atoms with Crippen LogP contribution in [0.3, 0.4) is 0 Å². The van der Waals surface area contributed by atoms with E-state index in [9.17, 15) is 14.5 Å². The van der Waals surface area contributed by atoms with Gasteiger partial charge in [-0.1, -0.05) is 6.92 Å². The lowest BCUT2D eigenvalue weighted by molar-refractivity contribution is -0.385. The van der Waals surface area contributed by atoms with Crippen molar-refractivity contribution in [1.29, 1.82) is 0 Å². The Balaban J connectivity index is 2.63.